The summed E-state index contributed by atoms with van der Waals surface area (Å²) in [5.74, 6) is -0.421. The molecule has 4 rings (SSSR count). The number of pyridine rings is 1. The fourth-order valence-electron chi connectivity index (χ4n) is 3.41. The van der Waals surface area contributed by atoms with Crippen molar-refractivity contribution < 1.29 is 22.7 Å². The number of carbonyl (C=O) groups excluding carboxylic acids is 1. The third kappa shape index (κ3) is 4.69. The molecule has 0 aliphatic heterocycles. The van der Waals surface area contributed by atoms with Crippen molar-refractivity contribution >= 4 is 33.8 Å². The van der Waals surface area contributed by atoms with Gasteiger partial charge >= 0.3 is 6.18 Å². The molecule has 0 bridgehead atoms. The number of anilines is 2. The molecule has 1 amide bonds. The number of amides is 1. The summed E-state index contributed by atoms with van der Waals surface area (Å²) in [5, 5.41) is 14.6. The highest BCUT2D eigenvalue weighted by atomic mass is 19.4. The van der Waals surface area contributed by atoms with Gasteiger partial charge in [-0.15, -0.1) is 10.2 Å². The molecular weight excluding hydrogens is 455 g/mol. The molecule has 4 aromatic rings. The SMILES string of the molecule is COCCN(C)c1nn(CC(=O)Nc2ccc3nncn3c2)c(=O)c2ccc(C(F)(F)F)cc12. The number of likely N-dealkylation sites (N-methyl/N-ethyl adjacent to an activating group) is 1. The zero-order valence-electron chi connectivity index (χ0n) is 18.2. The van der Waals surface area contributed by atoms with E-state index in [-0.39, 0.29) is 23.2 Å². The van der Waals surface area contributed by atoms with Crippen molar-refractivity contribution in [2.45, 2.75) is 12.7 Å². The van der Waals surface area contributed by atoms with Crippen LogP contribution >= 0.6 is 0 Å². The van der Waals surface area contributed by atoms with Crippen molar-refractivity contribution in [3.8, 4) is 0 Å². The summed E-state index contributed by atoms with van der Waals surface area (Å²) in [4.78, 5) is 27.2. The predicted molar refractivity (Wildman–Crippen MR) is 118 cm³/mol. The van der Waals surface area contributed by atoms with Gasteiger partial charge in [0.05, 0.1) is 23.2 Å². The lowest BCUT2D eigenvalue weighted by atomic mass is 10.1. The average molecular weight is 475 g/mol. The lowest BCUT2D eigenvalue weighted by molar-refractivity contribution is -0.137. The van der Waals surface area contributed by atoms with Crippen LogP contribution in [0.25, 0.3) is 16.4 Å². The second-order valence-corrected chi connectivity index (χ2v) is 7.52. The van der Waals surface area contributed by atoms with Gasteiger partial charge in [-0.25, -0.2) is 4.68 Å². The highest BCUT2D eigenvalue weighted by Gasteiger charge is 2.31. The average Bonchev–Trinajstić information content (AvgIpc) is 3.26. The lowest BCUT2D eigenvalue weighted by Crippen LogP contribution is -2.33. The van der Waals surface area contributed by atoms with Crippen LogP contribution in [0.15, 0.2) is 47.7 Å². The molecule has 0 saturated carbocycles. The summed E-state index contributed by atoms with van der Waals surface area (Å²) in [6.07, 6.45) is -1.51. The van der Waals surface area contributed by atoms with Gasteiger partial charge in [-0.3, -0.25) is 14.0 Å². The van der Waals surface area contributed by atoms with E-state index in [1.165, 1.54) is 13.4 Å². The number of hydrogen-bond acceptors (Lipinski definition) is 7. The molecule has 3 aromatic heterocycles. The molecule has 0 aliphatic rings. The molecule has 0 spiro atoms. The van der Waals surface area contributed by atoms with Crippen LogP contribution in [0.3, 0.4) is 0 Å². The molecular formula is C21H20F3N7O3. The first-order valence-corrected chi connectivity index (χ1v) is 10.1. The Kier molecular flexibility index (Phi) is 6.20. The van der Waals surface area contributed by atoms with Crippen LogP contribution < -0.4 is 15.8 Å². The van der Waals surface area contributed by atoms with Gasteiger partial charge in [0.15, 0.2) is 11.5 Å². The van der Waals surface area contributed by atoms with E-state index in [1.807, 2.05) is 0 Å². The number of ether oxygens (including phenoxy) is 1. The lowest BCUT2D eigenvalue weighted by Gasteiger charge is -2.21. The van der Waals surface area contributed by atoms with Gasteiger partial charge in [0.1, 0.15) is 12.9 Å². The molecule has 0 fully saturated rings. The Balaban J connectivity index is 1.70. The molecule has 1 N–H and O–H groups in total. The first kappa shape index (κ1) is 23.2. The molecule has 0 unspecified atom stereocenters. The van der Waals surface area contributed by atoms with E-state index in [0.717, 1.165) is 22.9 Å². The van der Waals surface area contributed by atoms with Gasteiger partial charge in [0, 0.05) is 32.3 Å². The molecule has 1 aromatic carbocycles. The highest BCUT2D eigenvalue weighted by molar-refractivity contribution is 5.93. The Labute approximate surface area is 190 Å². The summed E-state index contributed by atoms with van der Waals surface area (Å²) in [7, 11) is 3.11. The molecule has 0 aliphatic carbocycles. The fraction of sp³-hybridized carbons (Fsp3) is 0.286. The molecule has 13 heteroatoms. The van der Waals surface area contributed by atoms with Gasteiger partial charge in [-0.2, -0.15) is 18.3 Å². The Morgan fingerprint density at radius 2 is 2.00 bits per heavy atom. The number of methoxy groups -OCH3 is 1. The number of hydrogen-bond donors (Lipinski definition) is 1. The highest BCUT2D eigenvalue weighted by Crippen LogP contribution is 2.33. The quantitative estimate of drug-likeness (QED) is 0.437. The van der Waals surface area contributed by atoms with Crippen molar-refractivity contribution in [2.75, 3.05) is 37.5 Å². The first-order valence-electron chi connectivity index (χ1n) is 10.1. The van der Waals surface area contributed by atoms with Crippen LogP contribution in [0.4, 0.5) is 24.7 Å². The predicted octanol–water partition coefficient (Wildman–Crippen LogP) is 2.18. The molecule has 0 saturated heterocycles. The number of rotatable bonds is 7. The van der Waals surface area contributed by atoms with Gasteiger partial charge in [0.25, 0.3) is 5.56 Å². The maximum atomic E-state index is 13.3. The van der Waals surface area contributed by atoms with E-state index in [9.17, 15) is 22.8 Å². The van der Waals surface area contributed by atoms with E-state index < -0.39 is 29.8 Å². The summed E-state index contributed by atoms with van der Waals surface area (Å²) < 4.78 is 47.4. The van der Waals surface area contributed by atoms with Crippen molar-refractivity contribution in [1.82, 2.24) is 24.4 Å². The zero-order valence-corrected chi connectivity index (χ0v) is 18.2. The molecule has 0 radical (unpaired) electrons. The molecule has 0 atom stereocenters. The summed E-state index contributed by atoms with van der Waals surface area (Å²) >= 11 is 0. The second kappa shape index (κ2) is 9.09. The Bertz CT molecular complexity index is 1410. The van der Waals surface area contributed by atoms with E-state index in [4.69, 9.17) is 4.74 Å². The van der Waals surface area contributed by atoms with Crippen molar-refractivity contribution in [1.29, 1.82) is 0 Å². The number of halogens is 3. The number of nitrogens with one attached hydrogen (secondary N) is 1. The third-order valence-electron chi connectivity index (χ3n) is 5.13. The number of alkyl halides is 3. The number of benzene rings is 1. The number of nitrogens with zero attached hydrogens (tertiary/aromatic N) is 6. The third-order valence-corrected chi connectivity index (χ3v) is 5.13. The molecule has 3 heterocycles. The van der Waals surface area contributed by atoms with Crippen LogP contribution in [-0.4, -0.2) is 57.6 Å². The minimum absolute atomic E-state index is 0.0148. The van der Waals surface area contributed by atoms with Crippen LogP contribution in [0.1, 0.15) is 5.56 Å². The Morgan fingerprint density at radius 3 is 2.74 bits per heavy atom. The van der Waals surface area contributed by atoms with Crippen LogP contribution in [0.5, 0.6) is 0 Å². The fourth-order valence-corrected chi connectivity index (χ4v) is 3.41. The number of carbonyl (C=O) groups is 1. The molecule has 178 valence electrons. The molecule has 10 nitrogen and oxygen atoms in total. The van der Waals surface area contributed by atoms with Crippen molar-refractivity contribution in [3.05, 3.63) is 58.8 Å². The maximum absolute atomic E-state index is 13.3. The largest absolute Gasteiger partial charge is 0.416 e. The maximum Gasteiger partial charge on any atom is 0.416 e. The van der Waals surface area contributed by atoms with Gasteiger partial charge < -0.3 is 15.0 Å². The Hall–Kier alpha value is -4.00. The van der Waals surface area contributed by atoms with Gasteiger partial charge in [-0.05, 0) is 30.3 Å². The second-order valence-electron chi connectivity index (χ2n) is 7.52. The van der Waals surface area contributed by atoms with Crippen LogP contribution in [0, 0.1) is 0 Å². The van der Waals surface area contributed by atoms with E-state index in [0.29, 0.717) is 17.9 Å². The minimum atomic E-state index is -4.59. The van der Waals surface area contributed by atoms with E-state index in [2.05, 4.69) is 20.6 Å². The van der Waals surface area contributed by atoms with E-state index >= 15 is 0 Å². The summed E-state index contributed by atoms with van der Waals surface area (Å²) in [6, 6.07) is 6.11. The Morgan fingerprint density at radius 1 is 1.21 bits per heavy atom. The van der Waals surface area contributed by atoms with Crippen LogP contribution in [0.2, 0.25) is 0 Å². The van der Waals surface area contributed by atoms with E-state index in [1.54, 1.807) is 34.7 Å². The monoisotopic (exact) mass is 475 g/mol. The minimum Gasteiger partial charge on any atom is -0.383 e. The smallest absolute Gasteiger partial charge is 0.383 e. The first-order chi connectivity index (χ1) is 16.2. The van der Waals surface area contributed by atoms with Gasteiger partial charge in [0.2, 0.25) is 5.91 Å². The summed E-state index contributed by atoms with van der Waals surface area (Å²) in [5.41, 5.74) is -0.551. The topological polar surface area (TPSA) is 107 Å². The van der Waals surface area contributed by atoms with Crippen LogP contribution in [-0.2, 0) is 22.3 Å². The normalized spacial score (nSPS) is 11.8. The number of aromatic nitrogens is 5. The number of fused-ring (bicyclic) bond motifs is 2. The standard InChI is InChI=1S/C21H20F3N7O3/c1-29(7-8-34-2)19-16-9-13(21(22,23)24)3-5-15(16)20(33)31(28-19)11-18(32)26-14-4-6-17-27-25-12-30(17)10-14/h3-6,9-10,12H,7-8,11H2,1-2H3,(H,26,32). The molecule has 34 heavy (non-hydrogen) atoms. The van der Waals surface area contributed by atoms with Gasteiger partial charge in [-0.1, -0.05) is 0 Å². The van der Waals surface area contributed by atoms with Crippen molar-refractivity contribution in [3.63, 3.8) is 0 Å². The van der Waals surface area contributed by atoms with Crippen molar-refractivity contribution in [2.24, 2.45) is 0 Å². The zero-order chi connectivity index (χ0) is 24.5. The summed E-state index contributed by atoms with van der Waals surface area (Å²) in [6.45, 7) is 0.142.